The molecule has 0 aliphatic heterocycles. The first kappa shape index (κ1) is 20.0. The Morgan fingerprint density at radius 1 is 1.04 bits per heavy atom. The van der Waals surface area contributed by atoms with E-state index in [-0.39, 0.29) is 35.3 Å². The van der Waals surface area contributed by atoms with E-state index in [1.165, 1.54) is 30.8 Å². The molecule has 138 valence electrons. The van der Waals surface area contributed by atoms with E-state index in [0.29, 0.717) is 0 Å². The van der Waals surface area contributed by atoms with Gasteiger partial charge in [-0.25, -0.2) is 4.39 Å². The molecule has 0 bridgehead atoms. The molecule has 0 fully saturated rings. The first-order chi connectivity index (χ1) is 12.3. The smallest absolute Gasteiger partial charge is 0.230 e. The molecule has 0 aromatic heterocycles. The summed E-state index contributed by atoms with van der Waals surface area (Å²) in [7, 11) is 0. The highest BCUT2D eigenvalue weighted by atomic mass is 32.2. The van der Waals surface area contributed by atoms with Gasteiger partial charge in [0.05, 0.1) is 11.8 Å². The number of carbonyl (C=O) groups is 2. The van der Waals surface area contributed by atoms with Crippen LogP contribution in [0.15, 0.2) is 53.4 Å². The van der Waals surface area contributed by atoms with E-state index >= 15 is 0 Å². The molecule has 2 amide bonds. The summed E-state index contributed by atoms with van der Waals surface area (Å²) in [5, 5.41) is 5.72. The fourth-order valence-corrected chi connectivity index (χ4v) is 3.22. The molecule has 4 nitrogen and oxygen atoms in total. The second-order valence-electron chi connectivity index (χ2n) is 6.33. The van der Waals surface area contributed by atoms with E-state index in [1.54, 1.807) is 24.3 Å². The number of amides is 2. The molecule has 1 atom stereocenters. The number of hydrogen-bond acceptors (Lipinski definition) is 3. The third-order valence-corrected chi connectivity index (χ3v) is 4.77. The molecule has 2 aromatic rings. The van der Waals surface area contributed by atoms with Gasteiger partial charge in [0.15, 0.2) is 0 Å². The van der Waals surface area contributed by atoms with Crippen LogP contribution in [0.25, 0.3) is 0 Å². The summed E-state index contributed by atoms with van der Waals surface area (Å²) in [5.41, 5.74) is 1.61. The minimum atomic E-state index is -0.291. The fourth-order valence-electron chi connectivity index (χ4n) is 2.51. The van der Waals surface area contributed by atoms with Crippen LogP contribution in [0.5, 0.6) is 0 Å². The van der Waals surface area contributed by atoms with Gasteiger partial charge in [-0.15, -0.1) is 11.8 Å². The summed E-state index contributed by atoms with van der Waals surface area (Å²) in [6.07, 6.45) is 0. The molecule has 2 rings (SSSR count). The Balaban J connectivity index is 1.91. The molecule has 1 unspecified atom stereocenters. The van der Waals surface area contributed by atoms with Gasteiger partial charge in [-0.2, -0.15) is 0 Å². The molecule has 2 aromatic carbocycles. The maximum atomic E-state index is 13.1. The topological polar surface area (TPSA) is 58.2 Å². The number of thioether (sulfide) groups is 1. The lowest BCUT2D eigenvalue weighted by atomic mass is 9.96. The standard InChI is InChI=1S/C20H23FN2O2S/c1-13(2)20(15-4-6-16(21)7-5-15)23-19(25)12-26-18-10-8-17(9-11-18)22-14(3)24/h4-11,13,20H,12H2,1-3H3,(H,22,24)(H,23,25). The normalized spacial score (nSPS) is 11.9. The summed E-state index contributed by atoms with van der Waals surface area (Å²) >= 11 is 1.42. The molecule has 26 heavy (non-hydrogen) atoms. The van der Waals surface area contributed by atoms with E-state index in [1.807, 2.05) is 26.0 Å². The largest absolute Gasteiger partial charge is 0.348 e. The minimum Gasteiger partial charge on any atom is -0.348 e. The number of nitrogens with one attached hydrogen (secondary N) is 2. The zero-order valence-corrected chi connectivity index (χ0v) is 15.9. The summed E-state index contributed by atoms with van der Waals surface area (Å²) in [5.74, 6) is -0.0226. The van der Waals surface area contributed by atoms with Crippen LogP contribution in [-0.2, 0) is 9.59 Å². The molecule has 0 heterocycles. The van der Waals surface area contributed by atoms with E-state index in [2.05, 4.69) is 10.6 Å². The van der Waals surface area contributed by atoms with Crippen LogP contribution < -0.4 is 10.6 Å². The van der Waals surface area contributed by atoms with Crippen molar-refractivity contribution in [2.75, 3.05) is 11.1 Å². The van der Waals surface area contributed by atoms with Gasteiger partial charge in [-0.1, -0.05) is 26.0 Å². The number of rotatable bonds is 7. The van der Waals surface area contributed by atoms with Gasteiger partial charge in [0, 0.05) is 17.5 Å². The number of carbonyl (C=O) groups excluding carboxylic acids is 2. The van der Waals surface area contributed by atoms with Crippen molar-refractivity contribution in [1.82, 2.24) is 5.32 Å². The molecule has 0 saturated heterocycles. The summed E-state index contributed by atoms with van der Waals surface area (Å²) < 4.78 is 13.1. The summed E-state index contributed by atoms with van der Waals surface area (Å²) in [4.78, 5) is 24.3. The van der Waals surface area contributed by atoms with Crippen LogP contribution in [-0.4, -0.2) is 17.6 Å². The molecule has 0 radical (unpaired) electrons. The summed E-state index contributed by atoms with van der Waals surface area (Å²) in [6, 6.07) is 13.4. The average Bonchev–Trinajstić information content (AvgIpc) is 2.59. The van der Waals surface area contributed by atoms with Gasteiger partial charge < -0.3 is 10.6 Å². The number of anilines is 1. The number of hydrogen-bond donors (Lipinski definition) is 2. The van der Waals surface area contributed by atoms with Crippen molar-refractivity contribution in [2.24, 2.45) is 5.92 Å². The Morgan fingerprint density at radius 2 is 1.65 bits per heavy atom. The molecule has 0 aliphatic rings. The van der Waals surface area contributed by atoms with Gasteiger partial charge in [0.2, 0.25) is 11.8 Å². The highest BCUT2D eigenvalue weighted by Gasteiger charge is 2.18. The lowest BCUT2D eigenvalue weighted by molar-refractivity contribution is -0.119. The Labute approximate surface area is 157 Å². The maximum absolute atomic E-state index is 13.1. The molecule has 0 aliphatic carbocycles. The highest BCUT2D eigenvalue weighted by Crippen LogP contribution is 2.24. The molecule has 0 spiro atoms. The van der Waals surface area contributed by atoms with Gasteiger partial charge >= 0.3 is 0 Å². The lowest BCUT2D eigenvalue weighted by Gasteiger charge is -2.23. The van der Waals surface area contributed by atoms with Crippen molar-refractivity contribution in [2.45, 2.75) is 31.7 Å². The first-order valence-corrected chi connectivity index (χ1v) is 9.39. The van der Waals surface area contributed by atoms with Crippen molar-refractivity contribution >= 4 is 29.3 Å². The third kappa shape index (κ3) is 6.19. The third-order valence-electron chi connectivity index (χ3n) is 3.76. The Hall–Kier alpha value is -2.34. The molecular formula is C20H23FN2O2S. The van der Waals surface area contributed by atoms with Crippen LogP contribution in [0.4, 0.5) is 10.1 Å². The number of halogens is 1. The highest BCUT2D eigenvalue weighted by molar-refractivity contribution is 8.00. The summed E-state index contributed by atoms with van der Waals surface area (Å²) in [6.45, 7) is 5.49. The quantitative estimate of drug-likeness (QED) is 0.707. The Morgan fingerprint density at radius 3 is 2.19 bits per heavy atom. The molecular weight excluding hydrogens is 351 g/mol. The molecule has 6 heteroatoms. The van der Waals surface area contributed by atoms with Crippen molar-refractivity contribution in [3.63, 3.8) is 0 Å². The monoisotopic (exact) mass is 374 g/mol. The minimum absolute atomic E-state index is 0.0797. The Bertz CT molecular complexity index is 745. The van der Waals surface area contributed by atoms with Crippen LogP contribution in [0.2, 0.25) is 0 Å². The fraction of sp³-hybridized carbons (Fsp3) is 0.300. The van der Waals surface area contributed by atoms with Crippen LogP contribution >= 0.6 is 11.8 Å². The van der Waals surface area contributed by atoms with Crippen LogP contribution in [0.3, 0.4) is 0 Å². The predicted molar refractivity (Wildman–Crippen MR) is 104 cm³/mol. The van der Waals surface area contributed by atoms with Gasteiger partial charge in [0.1, 0.15) is 5.82 Å². The van der Waals surface area contributed by atoms with Crippen molar-refractivity contribution < 1.29 is 14.0 Å². The zero-order chi connectivity index (χ0) is 19.1. The average molecular weight is 374 g/mol. The first-order valence-electron chi connectivity index (χ1n) is 8.40. The maximum Gasteiger partial charge on any atom is 0.230 e. The van der Waals surface area contributed by atoms with Crippen molar-refractivity contribution in [3.8, 4) is 0 Å². The second-order valence-corrected chi connectivity index (χ2v) is 7.38. The van der Waals surface area contributed by atoms with Gasteiger partial charge in [-0.05, 0) is 47.9 Å². The molecule has 2 N–H and O–H groups in total. The van der Waals surface area contributed by atoms with Crippen LogP contribution in [0.1, 0.15) is 32.4 Å². The lowest BCUT2D eigenvalue weighted by Crippen LogP contribution is -2.33. The second kappa shape index (κ2) is 9.38. The van der Waals surface area contributed by atoms with E-state index in [4.69, 9.17) is 0 Å². The van der Waals surface area contributed by atoms with E-state index < -0.39 is 0 Å². The number of benzene rings is 2. The predicted octanol–water partition coefficient (Wildman–Crippen LogP) is 4.39. The Kier molecular flexibility index (Phi) is 7.21. The van der Waals surface area contributed by atoms with E-state index in [0.717, 1.165) is 16.1 Å². The van der Waals surface area contributed by atoms with Gasteiger partial charge in [0.25, 0.3) is 0 Å². The van der Waals surface area contributed by atoms with Crippen molar-refractivity contribution in [1.29, 1.82) is 0 Å². The van der Waals surface area contributed by atoms with E-state index in [9.17, 15) is 14.0 Å². The zero-order valence-electron chi connectivity index (χ0n) is 15.1. The van der Waals surface area contributed by atoms with Gasteiger partial charge in [-0.3, -0.25) is 9.59 Å². The molecule has 0 saturated carbocycles. The van der Waals surface area contributed by atoms with Crippen LogP contribution in [0, 0.1) is 11.7 Å². The SMILES string of the molecule is CC(=O)Nc1ccc(SCC(=O)NC(c2ccc(F)cc2)C(C)C)cc1. The van der Waals surface area contributed by atoms with Crippen molar-refractivity contribution in [3.05, 3.63) is 59.9 Å².